The SMILES string of the molecule is O[As](O)F. The van der Waals surface area contributed by atoms with Crippen molar-refractivity contribution < 1.29 is 11.7 Å². The van der Waals surface area contributed by atoms with Gasteiger partial charge in [0.05, 0.1) is 0 Å². The van der Waals surface area contributed by atoms with Gasteiger partial charge in [-0.25, -0.2) is 0 Å². The van der Waals surface area contributed by atoms with Gasteiger partial charge in [0.2, 0.25) is 0 Å². The van der Waals surface area contributed by atoms with Crippen LogP contribution in [-0.2, 0) is 0 Å². The van der Waals surface area contributed by atoms with Crippen LogP contribution < -0.4 is 0 Å². The van der Waals surface area contributed by atoms with Crippen molar-refractivity contribution in [2.45, 2.75) is 0 Å². The Morgan fingerprint density at radius 3 is 1.50 bits per heavy atom. The molecule has 0 radical (unpaired) electrons. The van der Waals surface area contributed by atoms with Crippen molar-refractivity contribution in [1.29, 1.82) is 0 Å². The molecule has 4 heteroatoms. The first kappa shape index (κ1) is 4.41. The summed E-state index contributed by atoms with van der Waals surface area (Å²) < 4.78 is 24.4. The van der Waals surface area contributed by atoms with Crippen LogP contribution in [0, 0.1) is 0 Å². The summed E-state index contributed by atoms with van der Waals surface area (Å²) in [6.45, 7) is 0. The maximum atomic E-state index is 10.3. The molecular formula is H2AsFO2. The maximum absolute atomic E-state index is 10.3. The first-order valence-electron chi connectivity index (χ1n) is 0.569. The third-order valence-corrected chi connectivity index (χ3v) is 0. The Balaban J connectivity index is 2.32. The van der Waals surface area contributed by atoms with Crippen LogP contribution in [0.2, 0.25) is 0 Å². The second kappa shape index (κ2) is 1.70. The number of hydrogen-bond acceptors (Lipinski definition) is 2. The fourth-order valence-electron chi connectivity index (χ4n) is 0. The molecule has 0 amide bonds. The van der Waals surface area contributed by atoms with E-state index in [2.05, 4.69) is 0 Å². The van der Waals surface area contributed by atoms with Gasteiger partial charge >= 0.3 is 27.5 Å². The minimum atomic E-state index is -3.69. The molecule has 2 N–H and O–H groups in total. The van der Waals surface area contributed by atoms with Gasteiger partial charge in [-0.05, 0) is 0 Å². The molecule has 4 heavy (non-hydrogen) atoms. The van der Waals surface area contributed by atoms with E-state index in [4.69, 9.17) is 8.19 Å². The van der Waals surface area contributed by atoms with E-state index in [9.17, 15) is 3.47 Å². The Kier molecular flexibility index (Phi) is 1.88. The van der Waals surface area contributed by atoms with Gasteiger partial charge in [0.25, 0.3) is 0 Å². The molecule has 0 aromatic heterocycles. The Morgan fingerprint density at radius 1 is 1.50 bits per heavy atom. The number of halogens is 1. The van der Waals surface area contributed by atoms with Crippen molar-refractivity contribution >= 4 is 15.8 Å². The molecule has 0 aromatic rings. The van der Waals surface area contributed by atoms with Crippen molar-refractivity contribution in [2.75, 3.05) is 0 Å². The molecule has 0 aliphatic carbocycles. The molecule has 0 atom stereocenters. The number of rotatable bonds is 0. The fourth-order valence-corrected chi connectivity index (χ4v) is 0. The van der Waals surface area contributed by atoms with Crippen LogP contribution in [0.5, 0.6) is 0 Å². The van der Waals surface area contributed by atoms with E-state index in [0.717, 1.165) is 0 Å². The summed E-state index contributed by atoms with van der Waals surface area (Å²) >= 11 is -3.69. The Labute approximate surface area is 28.3 Å². The van der Waals surface area contributed by atoms with Gasteiger partial charge in [-0.1, -0.05) is 0 Å². The molecule has 0 saturated carbocycles. The van der Waals surface area contributed by atoms with E-state index in [1.807, 2.05) is 0 Å². The zero-order valence-corrected chi connectivity index (χ0v) is 3.60. The van der Waals surface area contributed by atoms with Crippen LogP contribution in [0.4, 0.5) is 3.47 Å². The Hall–Kier alpha value is 0.408. The molecule has 0 aliphatic rings. The summed E-state index contributed by atoms with van der Waals surface area (Å²) in [5.41, 5.74) is 0. The van der Waals surface area contributed by atoms with Crippen molar-refractivity contribution in [3.05, 3.63) is 0 Å². The molecule has 0 heterocycles. The van der Waals surface area contributed by atoms with Crippen LogP contribution in [0.15, 0.2) is 0 Å². The van der Waals surface area contributed by atoms with E-state index < -0.39 is 15.8 Å². The molecule has 0 bridgehead atoms. The summed E-state index contributed by atoms with van der Waals surface area (Å²) in [6.07, 6.45) is 0. The van der Waals surface area contributed by atoms with Crippen LogP contribution in [0.25, 0.3) is 0 Å². The minimum absolute atomic E-state index is 3.69. The molecule has 0 fully saturated rings. The van der Waals surface area contributed by atoms with Gasteiger partial charge in [0, 0.05) is 0 Å². The molecule has 2 nitrogen and oxygen atoms in total. The third-order valence-electron chi connectivity index (χ3n) is 0. The van der Waals surface area contributed by atoms with Gasteiger partial charge in [0.1, 0.15) is 0 Å². The second-order valence-electron chi connectivity index (χ2n) is 0.241. The predicted molar refractivity (Wildman–Crippen MR) is 11.3 cm³/mol. The summed E-state index contributed by atoms with van der Waals surface area (Å²) in [6, 6.07) is 0. The third kappa shape index (κ3) is 28.6. The van der Waals surface area contributed by atoms with Gasteiger partial charge in [-0.15, -0.1) is 0 Å². The van der Waals surface area contributed by atoms with Crippen molar-refractivity contribution in [3.63, 3.8) is 0 Å². The Morgan fingerprint density at radius 2 is 1.50 bits per heavy atom. The van der Waals surface area contributed by atoms with E-state index in [1.165, 1.54) is 0 Å². The average Bonchev–Trinajstić information content (AvgIpc) is 0.811. The van der Waals surface area contributed by atoms with Gasteiger partial charge in [0.15, 0.2) is 0 Å². The van der Waals surface area contributed by atoms with Gasteiger partial charge in [-0.2, -0.15) is 0 Å². The average molecular weight is 128 g/mol. The van der Waals surface area contributed by atoms with Crippen LogP contribution in [0.3, 0.4) is 0 Å². The standard InChI is InChI=1S/AsFH2O2/c2-1(3)4/h3-4H. The normalized spacial score (nSPS) is 9.00. The molecular weight excluding hydrogens is 126 g/mol. The summed E-state index contributed by atoms with van der Waals surface area (Å²) in [5.74, 6) is 0. The van der Waals surface area contributed by atoms with Crippen molar-refractivity contribution in [3.8, 4) is 0 Å². The zero-order valence-electron chi connectivity index (χ0n) is 1.72. The number of hydrogen-bond donors (Lipinski definition) is 2. The van der Waals surface area contributed by atoms with Crippen molar-refractivity contribution in [2.24, 2.45) is 0 Å². The van der Waals surface area contributed by atoms with E-state index >= 15 is 0 Å². The monoisotopic (exact) mass is 128 g/mol. The topological polar surface area (TPSA) is 40.5 Å². The molecule has 0 spiro atoms. The van der Waals surface area contributed by atoms with E-state index in [-0.39, 0.29) is 0 Å². The van der Waals surface area contributed by atoms with Gasteiger partial charge in [-0.3, -0.25) is 0 Å². The summed E-state index contributed by atoms with van der Waals surface area (Å²) in [5, 5.41) is 0. The molecule has 26 valence electrons. The van der Waals surface area contributed by atoms with Crippen LogP contribution in [0.1, 0.15) is 0 Å². The molecule has 0 rings (SSSR count). The van der Waals surface area contributed by atoms with Crippen molar-refractivity contribution in [1.82, 2.24) is 0 Å². The van der Waals surface area contributed by atoms with Crippen LogP contribution in [-0.4, -0.2) is 24.0 Å². The predicted octanol–water partition coefficient (Wildman–Crippen LogP) is -1.07. The quantitative estimate of drug-likeness (QED) is 0.407. The molecule has 0 unspecified atom stereocenters. The second-order valence-corrected chi connectivity index (χ2v) is 1.25. The first-order chi connectivity index (χ1) is 1.73. The first-order valence-corrected chi connectivity index (χ1v) is 2.96. The zero-order chi connectivity index (χ0) is 3.58. The summed E-state index contributed by atoms with van der Waals surface area (Å²) in [7, 11) is 0. The molecule has 0 saturated heterocycles. The molecule has 0 aliphatic heterocycles. The van der Waals surface area contributed by atoms with Crippen LogP contribution >= 0.6 is 0 Å². The van der Waals surface area contributed by atoms with E-state index in [0.29, 0.717) is 0 Å². The van der Waals surface area contributed by atoms with E-state index in [1.54, 1.807) is 0 Å². The molecule has 0 aromatic carbocycles. The Bertz CT molecular complexity index is 10.8. The summed E-state index contributed by atoms with van der Waals surface area (Å²) in [4.78, 5) is 0. The van der Waals surface area contributed by atoms with Gasteiger partial charge < -0.3 is 0 Å². The fraction of sp³-hybridized carbons (Fsp3) is 0.